The molecule has 0 spiro atoms. The summed E-state index contributed by atoms with van der Waals surface area (Å²) in [6.45, 7) is 3.87. The van der Waals surface area contributed by atoms with Gasteiger partial charge in [-0.1, -0.05) is 6.08 Å². The molecule has 0 unspecified atom stereocenters. The van der Waals surface area contributed by atoms with Crippen molar-refractivity contribution in [3.05, 3.63) is 46.5 Å². The molecule has 19 heavy (non-hydrogen) atoms. The van der Waals surface area contributed by atoms with Crippen molar-refractivity contribution in [3.8, 4) is 0 Å². The van der Waals surface area contributed by atoms with Crippen LogP contribution in [0.2, 0.25) is 0 Å². The summed E-state index contributed by atoms with van der Waals surface area (Å²) in [7, 11) is 0. The Morgan fingerprint density at radius 2 is 2.21 bits per heavy atom. The zero-order chi connectivity index (χ0) is 14.4. The Hall–Kier alpha value is -2.41. The van der Waals surface area contributed by atoms with Crippen LogP contribution in [-0.2, 0) is 0 Å². The molecule has 0 fully saturated rings. The van der Waals surface area contributed by atoms with Gasteiger partial charge in [0.05, 0.1) is 17.1 Å². The van der Waals surface area contributed by atoms with Gasteiger partial charge in [-0.05, 0) is 12.1 Å². The maximum atomic E-state index is 11.0. The lowest BCUT2D eigenvalue weighted by Crippen LogP contribution is -2.27. The predicted molar refractivity (Wildman–Crippen MR) is 69.6 cm³/mol. The second-order valence-corrected chi connectivity index (χ2v) is 3.72. The van der Waals surface area contributed by atoms with Gasteiger partial charge in [-0.15, -0.1) is 6.58 Å². The van der Waals surface area contributed by atoms with E-state index in [-0.39, 0.29) is 30.1 Å². The van der Waals surface area contributed by atoms with Crippen LogP contribution in [0.15, 0.2) is 30.9 Å². The summed E-state index contributed by atoms with van der Waals surface area (Å²) in [5.41, 5.74) is -0.211. The van der Waals surface area contributed by atoms with Crippen molar-refractivity contribution in [3.63, 3.8) is 0 Å². The minimum Gasteiger partial charge on any atom is -0.478 e. The molecule has 0 saturated heterocycles. The number of rotatable bonds is 7. The van der Waals surface area contributed by atoms with Crippen LogP contribution in [0, 0.1) is 10.1 Å². The van der Waals surface area contributed by atoms with Gasteiger partial charge in [0.15, 0.2) is 0 Å². The number of benzene rings is 1. The van der Waals surface area contributed by atoms with Crippen molar-refractivity contribution < 1.29 is 19.9 Å². The predicted octanol–water partition coefficient (Wildman–Crippen LogP) is 1.28. The van der Waals surface area contributed by atoms with Gasteiger partial charge in [0.25, 0.3) is 5.69 Å². The number of anilines is 1. The first kappa shape index (κ1) is 14.7. The molecular weight excluding hydrogens is 252 g/mol. The smallest absolute Gasteiger partial charge is 0.335 e. The summed E-state index contributed by atoms with van der Waals surface area (Å²) in [6, 6.07) is 3.66. The SMILES string of the molecule is C=CCN(CCO)c1ccc(C(=O)O)cc1[N+](=O)[O-]. The van der Waals surface area contributed by atoms with Crippen LogP contribution in [0.3, 0.4) is 0 Å². The molecule has 0 aliphatic carbocycles. The Bertz CT molecular complexity index is 501. The molecule has 0 heterocycles. The van der Waals surface area contributed by atoms with Crippen molar-refractivity contribution in [1.29, 1.82) is 0 Å². The van der Waals surface area contributed by atoms with Crippen molar-refractivity contribution >= 4 is 17.3 Å². The third-order valence-corrected chi connectivity index (χ3v) is 2.48. The van der Waals surface area contributed by atoms with Crippen LogP contribution in [-0.4, -0.2) is 40.8 Å². The van der Waals surface area contributed by atoms with Gasteiger partial charge in [-0.25, -0.2) is 4.79 Å². The summed E-state index contributed by atoms with van der Waals surface area (Å²) in [6.07, 6.45) is 1.55. The van der Waals surface area contributed by atoms with Gasteiger partial charge in [0, 0.05) is 19.2 Å². The molecule has 1 aromatic rings. The van der Waals surface area contributed by atoms with Crippen LogP contribution < -0.4 is 4.90 Å². The Labute approximate surface area is 109 Å². The van der Waals surface area contributed by atoms with E-state index in [9.17, 15) is 14.9 Å². The Kier molecular flexibility index (Phi) is 5.01. The number of nitro benzene ring substituents is 1. The topological polar surface area (TPSA) is 104 Å². The van der Waals surface area contributed by atoms with E-state index in [2.05, 4.69) is 6.58 Å². The number of carboxylic acid groups (broad SMARTS) is 1. The Morgan fingerprint density at radius 1 is 1.53 bits per heavy atom. The quantitative estimate of drug-likeness (QED) is 0.437. The minimum absolute atomic E-state index is 0.155. The van der Waals surface area contributed by atoms with Crippen LogP contribution in [0.1, 0.15) is 10.4 Å². The normalized spacial score (nSPS) is 9.95. The summed E-state index contributed by atoms with van der Waals surface area (Å²) >= 11 is 0. The van der Waals surface area contributed by atoms with E-state index in [4.69, 9.17) is 10.2 Å². The lowest BCUT2D eigenvalue weighted by atomic mass is 10.1. The molecule has 7 nitrogen and oxygen atoms in total. The molecule has 0 amide bonds. The molecule has 1 rings (SSSR count). The number of aliphatic hydroxyl groups excluding tert-OH is 1. The number of nitrogens with zero attached hydrogens (tertiary/aromatic N) is 2. The lowest BCUT2D eigenvalue weighted by Gasteiger charge is -2.22. The first-order chi connectivity index (χ1) is 9.01. The summed E-state index contributed by atoms with van der Waals surface area (Å²) in [5, 5.41) is 28.8. The maximum Gasteiger partial charge on any atom is 0.335 e. The largest absolute Gasteiger partial charge is 0.478 e. The van der Waals surface area contributed by atoms with Gasteiger partial charge >= 0.3 is 5.97 Å². The third-order valence-electron chi connectivity index (χ3n) is 2.48. The Morgan fingerprint density at radius 3 is 2.68 bits per heavy atom. The molecule has 7 heteroatoms. The number of nitro groups is 1. The van der Waals surface area contributed by atoms with Gasteiger partial charge in [0.1, 0.15) is 5.69 Å². The summed E-state index contributed by atoms with van der Waals surface area (Å²) < 4.78 is 0. The standard InChI is InChI=1S/C12H14N2O5/c1-2-5-13(6-7-15)10-4-3-9(12(16)17)8-11(10)14(18)19/h2-4,8,15H,1,5-7H2,(H,16,17). The summed E-state index contributed by atoms with van der Waals surface area (Å²) in [5.74, 6) is -1.23. The molecule has 0 aromatic heterocycles. The molecule has 0 bridgehead atoms. The molecule has 0 aliphatic heterocycles. The van der Waals surface area contributed by atoms with E-state index >= 15 is 0 Å². The molecular formula is C12H14N2O5. The molecule has 0 atom stereocenters. The monoisotopic (exact) mass is 266 g/mol. The number of hydrogen-bond donors (Lipinski definition) is 2. The van der Waals surface area contributed by atoms with E-state index in [0.717, 1.165) is 6.07 Å². The highest BCUT2D eigenvalue weighted by Crippen LogP contribution is 2.29. The second kappa shape index (κ2) is 6.50. The van der Waals surface area contributed by atoms with E-state index in [1.54, 1.807) is 11.0 Å². The average molecular weight is 266 g/mol. The number of aromatic carboxylic acids is 1. The minimum atomic E-state index is -1.23. The highest BCUT2D eigenvalue weighted by atomic mass is 16.6. The fraction of sp³-hybridized carbons (Fsp3) is 0.250. The van der Waals surface area contributed by atoms with E-state index in [1.165, 1.54) is 12.1 Å². The van der Waals surface area contributed by atoms with Crippen molar-refractivity contribution in [1.82, 2.24) is 0 Å². The van der Waals surface area contributed by atoms with Crippen molar-refractivity contribution in [2.45, 2.75) is 0 Å². The number of carbonyl (C=O) groups is 1. The molecule has 2 N–H and O–H groups in total. The fourth-order valence-electron chi connectivity index (χ4n) is 1.66. The van der Waals surface area contributed by atoms with Crippen molar-refractivity contribution in [2.75, 3.05) is 24.6 Å². The van der Waals surface area contributed by atoms with Crippen molar-refractivity contribution in [2.24, 2.45) is 0 Å². The Balaban J connectivity index is 3.27. The van der Waals surface area contributed by atoms with Crippen LogP contribution in [0.5, 0.6) is 0 Å². The molecule has 0 saturated carbocycles. The van der Waals surface area contributed by atoms with Crippen LogP contribution >= 0.6 is 0 Å². The maximum absolute atomic E-state index is 11.0. The first-order valence-electron chi connectivity index (χ1n) is 5.49. The first-order valence-corrected chi connectivity index (χ1v) is 5.49. The zero-order valence-corrected chi connectivity index (χ0v) is 10.2. The second-order valence-electron chi connectivity index (χ2n) is 3.72. The van der Waals surface area contributed by atoms with E-state index < -0.39 is 10.9 Å². The highest BCUT2D eigenvalue weighted by molar-refractivity contribution is 5.89. The van der Waals surface area contributed by atoms with Crippen LogP contribution in [0.25, 0.3) is 0 Å². The molecule has 0 aliphatic rings. The van der Waals surface area contributed by atoms with E-state index in [1.807, 2.05) is 0 Å². The third kappa shape index (κ3) is 3.52. The molecule has 0 radical (unpaired) electrons. The van der Waals surface area contributed by atoms with Gasteiger partial charge in [-0.2, -0.15) is 0 Å². The number of hydrogen-bond acceptors (Lipinski definition) is 5. The molecule has 1 aromatic carbocycles. The molecule has 102 valence electrons. The summed E-state index contributed by atoms with van der Waals surface area (Å²) in [4.78, 5) is 22.7. The van der Waals surface area contributed by atoms with Gasteiger partial charge in [-0.3, -0.25) is 10.1 Å². The lowest BCUT2D eigenvalue weighted by molar-refractivity contribution is -0.384. The number of carboxylic acids is 1. The highest BCUT2D eigenvalue weighted by Gasteiger charge is 2.20. The average Bonchev–Trinajstić information content (AvgIpc) is 2.37. The van der Waals surface area contributed by atoms with Gasteiger partial charge < -0.3 is 15.1 Å². The number of aliphatic hydroxyl groups is 1. The van der Waals surface area contributed by atoms with Crippen LogP contribution in [0.4, 0.5) is 11.4 Å². The van der Waals surface area contributed by atoms with E-state index in [0.29, 0.717) is 6.54 Å². The fourth-order valence-corrected chi connectivity index (χ4v) is 1.66. The van der Waals surface area contributed by atoms with Gasteiger partial charge in [0.2, 0.25) is 0 Å². The zero-order valence-electron chi connectivity index (χ0n) is 10.2.